The van der Waals surface area contributed by atoms with Crippen LogP contribution in [0.5, 0.6) is 0 Å². The predicted octanol–water partition coefficient (Wildman–Crippen LogP) is 1.86. The number of rotatable bonds is 0. The molecule has 0 aliphatic heterocycles. The zero-order chi connectivity index (χ0) is 5.98. The molecule has 0 spiro atoms. The molecule has 0 N–H and O–H groups in total. The van der Waals surface area contributed by atoms with Gasteiger partial charge in [0.25, 0.3) is 0 Å². The van der Waals surface area contributed by atoms with Crippen molar-refractivity contribution in [2.45, 2.75) is 6.92 Å². The molecule has 0 aliphatic carbocycles. The lowest BCUT2D eigenvalue weighted by molar-refractivity contribution is 1.13. The highest BCUT2D eigenvalue weighted by molar-refractivity contribution is 6.28. The molecule has 0 atom stereocenters. The number of hydrogen-bond acceptors (Lipinski definition) is 2. The number of aryl methyl sites for hydroxylation is 1. The molecule has 0 aromatic carbocycles. The van der Waals surface area contributed by atoms with E-state index in [-0.39, 0.29) is 12.4 Å². The lowest BCUT2D eigenvalue weighted by atomic mass is 10.4. The molecule has 1 aromatic rings. The normalized spacial score (nSPS) is 8.22. The van der Waals surface area contributed by atoms with Gasteiger partial charge in [0.1, 0.15) is 0 Å². The van der Waals surface area contributed by atoms with Gasteiger partial charge < -0.3 is 0 Å². The molecule has 0 amide bonds. The highest BCUT2D eigenvalue weighted by Gasteiger charge is 1.84. The number of halogens is 2. The summed E-state index contributed by atoms with van der Waals surface area (Å²) < 4.78 is 0. The van der Waals surface area contributed by atoms with E-state index in [1.165, 1.54) is 0 Å². The Morgan fingerprint density at radius 2 is 1.78 bits per heavy atom. The van der Waals surface area contributed by atoms with Gasteiger partial charge in [0, 0.05) is 12.4 Å². The van der Waals surface area contributed by atoms with Gasteiger partial charge in [-0.3, -0.25) is 0 Å². The molecule has 0 saturated heterocycles. The lowest BCUT2D eigenvalue weighted by Gasteiger charge is -1.86. The third kappa shape index (κ3) is 2.63. The highest BCUT2D eigenvalue weighted by Crippen LogP contribution is 1.97. The minimum Gasteiger partial charge on any atom is -0.226 e. The van der Waals surface area contributed by atoms with E-state index in [0.29, 0.717) is 5.28 Å². The zero-order valence-corrected chi connectivity index (χ0v) is 6.41. The van der Waals surface area contributed by atoms with Gasteiger partial charge in [-0.15, -0.1) is 12.4 Å². The molecular formula is C5H6Cl2N2. The monoisotopic (exact) mass is 164 g/mol. The molecular weight excluding hydrogens is 159 g/mol. The van der Waals surface area contributed by atoms with Crippen molar-refractivity contribution in [3.8, 4) is 0 Å². The Balaban J connectivity index is 0.000000640. The molecule has 50 valence electrons. The molecule has 0 saturated carbocycles. The van der Waals surface area contributed by atoms with E-state index in [4.69, 9.17) is 11.6 Å². The van der Waals surface area contributed by atoms with Crippen molar-refractivity contribution in [1.82, 2.24) is 9.97 Å². The van der Waals surface area contributed by atoms with E-state index in [9.17, 15) is 0 Å². The van der Waals surface area contributed by atoms with Crippen molar-refractivity contribution in [3.63, 3.8) is 0 Å². The van der Waals surface area contributed by atoms with Crippen LogP contribution in [0, 0.1) is 6.92 Å². The van der Waals surface area contributed by atoms with Crippen molar-refractivity contribution in [1.29, 1.82) is 0 Å². The van der Waals surface area contributed by atoms with E-state index in [0.717, 1.165) is 5.56 Å². The van der Waals surface area contributed by atoms with Crippen molar-refractivity contribution >= 4 is 24.0 Å². The van der Waals surface area contributed by atoms with Gasteiger partial charge in [0.05, 0.1) is 0 Å². The van der Waals surface area contributed by atoms with Gasteiger partial charge in [-0.1, -0.05) is 0 Å². The third-order valence-corrected chi connectivity index (χ3v) is 0.945. The third-order valence-electron chi connectivity index (χ3n) is 0.749. The smallest absolute Gasteiger partial charge is 0.222 e. The maximum absolute atomic E-state index is 5.39. The Hall–Kier alpha value is -0.340. The maximum atomic E-state index is 5.39. The average molecular weight is 165 g/mol. The average Bonchev–Trinajstić information content (AvgIpc) is 1.77. The molecule has 0 radical (unpaired) electrons. The zero-order valence-electron chi connectivity index (χ0n) is 4.84. The van der Waals surface area contributed by atoms with Gasteiger partial charge in [0.2, 0.25) is 5.28 Å². The second-order valence-electron chi connectivity index (χ2n) is 1.53. The molecule has 0 aliphatic rings. The summed E-state index contributed by atoms with van der Waals surface area (Å²) in [5, 5.41) is 0.301. The second-order valence-corrected chi connectivity index (χ2v) is 1.87. The molecule has 9 heavy (non-hydrogen) atoms. The quantitative estimate of drug-likeness (QED) is 0.548. The van der Waals surface area contributed by atoms with Crippen LogP contribution in [0.4, 0.5) is 0 Å². The first-order valence-corrected chi connectivity index (χ1v) is 2.61. The fourth-order valence-corrected chi connectivity index (χ4v) is 0.474. The van der Waals surface area contributed by atoms with E-state index in [1.54, 1.807) is 12.4 Å². The first-order chi connectivity index (χ1) is 3.79. The molecule has 1 aromatic heterocycles. The highest BCUT2D eigenvalue weighted by atomic mass is 35.5. The Morgan fingerprint density at radius 3 is 2.11 bits per heavy atom. The molecule has 0 unspecified atom stereocenters. The Morgan fingerprint density at radius 1 is 1.33 bits per heavy atom. The second kappa shape index (κ2) is 3.64. The molecule has 4 heteroatoms. The summed E-state index contributed by atoms with van der Waals surface area (Å²) in [4.78, 5) is 7.47. The van der Waals surface area contributed by atoms with Crippen LogP contribution in [0.25, 0.3) is 0 Å². The summed E-state index contributed by atoms with van der Waals surface area (Å²) in [5.41, 5.74) is 1.02. The van der Waals surface area contributed by atoms with Gasteiger partial charge in [-0.05, 0) is 24.1 Å². The van der Waals surface area contributed by atoms with Gasteiger partial charge in [0.15, 0.2) is 0 Å². The van der Waals surface area contributed by atoms with E-state index < -0.39 is 0 Å². The van der Waals surface area contributed by atoms with E-state index >= 15 is 0 Å². The van der Waals surface area contributed by atoms with Crippen LogP contribution < -0.4 is 0 Å². The maximum Gasteiger partial charge on any atom is 0.222 e. The first-order valence-electron chi connectivity index (χ1n) is 2.23. The fraction of sp³-hybridized carbons (Fsp3) is 0.200. The van der Waals surface area contributed by atoms with Crippen molar-refractivity contribution in [3.05, 3.63) is 23.2 Å². The topological polar surface area (TPSA) is 25.8 Å². The van der Waals surface area contributed by atoms with Crippen LogP contribution in [0.2, 0.25) is 5.28 Å². The van der Waals surface area contributed by atoms with Gasteiger partial charge in [-0.25, -0.2) is 9.97 Å². The van der Waals surface area contributed by atoms with Crippen LogP contribution >= 0.6 is 24.0 Å². The van der Waals surface area contributed by atoms with E-state index in [1.807, 2.05) is 6.92 Å². The van der Waals surface area contributed by atoms with Crippen LogP contribution in [-0.2, 0) is 0 Å². The van der Waals surface area contributed by atoms with Crippen LogP contribution in [0.3, 0.4) is 0 Å². The van der Waals surface area contributed by atoms with Crippen LogP contribution in [0.1, 0.15) is 5.56 Å². The number of aromatic nitrogens is 2. The minimum atomic E-state index is 0. The Kier molecular flexibility index (Phi) is 3.50. The molecule has 1 heterocycles. The lowest BCUT2D eigenvalue weighted by Crippen LogP contribution is -1.80. The summed E-state index contributed by atoms with van der Waals surface area (Å²) in [5.74, 6) is 0. The SMILES string of the molecule is Cc1cnc(Cl)nc1.Cl. The predicted molar refractivity (Wildman–Crippen MR) is 39.0 cm³/mol. The summed E-state index contributed by atoms with van der Waals surface area (Å²) >= 11 is 5.39. The van der Waals surface area contributed by atoms with Crippen molar-refractivity contribution in [2.75, 3.05) is 0 Å². The van der Waals surface area contributed by atoms with Crippen molar-refractivity contribution < 1.29 is 0 Å². The molecule has 0 fully saturated rings. The molecule has 0 bridgehead atoms. The molecule has 1 rings (SSSR count). The Labute approximate surface area is 64.7 Å². The van der Waals surface area contributed by atoms with Gasteiger partial charge >= 0.3 is 0 Å². The summed E-state index contributed by atoms with van der Waals surface area (Å²) in [6, 6.07) is 0. The first kappa shape index (κ1) is 8.66. The standard InChI is InChI=1S/C5H5ClN2.ClH/c1-4-2-7-5(6)8-3-4;/h2-3H,1H3;1H. The van der Waals surface area contributed by atoms with Gasteiger partial charge in [-0.2, -0.15) is 0 Å². The summed E-state index contributed by atoms with van der Waals surface area (Å²) in [6.45, 7) is 1.91. The summed E-state index contributed by atoms with van der Waals surface area (Å²) in [7, 11) is 0. The van der Waals surface area contributed by atoms with E-state index in [2.05, 4.69) is 9.97 Å². The van der Waals surface area contributed by atoms with Crippen LogP contribution in [-0.4, -0.2) is 9.97 Å². The minimum absolute atomic E-state index is 0. The largest absolute Gasteiger partial charge is 0.226 e. The van der Waals surface area contributed by atoms with Crippen molar-refractivity contribution in [2.24, 2.45) is 0 Å². The summed E-state index contributed by atoms with van der Waals surface area (Å²) in [6.07, 6.45) is 3.35. The number of nitrogens with zero attached hydrogens (tertiary/aromatic N) is 2. The number of hydrogen-bond donors (Lipinski definition) is 0. The Bertz CT molecular complexity index is 152. The van der Waals surface area contributed by atoms with Crippen LogP contribution in [0.15, 0.2) is 12.4 Å². The fourth-order valence-electron chi connectivity index (χ4n) is 0.377. The molecule has 2 nitrogen and oxygen atoms in total.